The Labute approximate surface area is 147 Å². The summed E-state index contributed by atoms with van der Waals surface area (Å²) in [4.78, 5) is 14.7. The van der Waals surface area contributed by atoms with E-state index in [1.807, 2.05) is 24.3 Å². The zero-order valence-electron chi connectivity index (χ0n) is 13.6. The number of nitrogens with one attached hydrogen (secondary N) is 1. The van der Waals surface area contributed by atoms with Crippen LogP contribution in [0.2, 0.25) is 5.02 Å². The molecular weight excluding hydrogens is 328 g/mol. The van der Waals surface area contributed by atoms with Gasteiger partial charge in [0.15, 0.2) is 0 Å². The van der Waals surface area contributed by atoms with Crippen LogP contribution in [0.3, 0.4) is 0 Å². The Kier molecular flexibility index (Phi) is 4.77. The van der Waals surface area contributed by atoms with E-state index >= 15 is 0 Å². The smallest absolute Gasteiger partial charge is 0.249 e. The van der Waals surface area contributed by atoms with Gasteiger partial charge in [0.05, 0.1) is 12.7 Å². The van der Waals surface area contributed by atoms with E-state index in [1.54, 1.807) is 0 Å². The SMILES string of the molecule is O=C(N[C@@H]1C[C@H]2CO[C@@H](c3ccc(Cl)cc3)CN2C1)[C@@H]1CCCO1. The molecule has 0 aliphatic carbocycles. The topological polar surface area (TPSA) is 50.8 Å². The molecule has 0 spiro atoms. The van der Waals surface area contributed by atoms with Gasteiger partial charge in [-0.3, -0.25) is 9.69 Å². The molecule has 1 aromatic rings. The van der Waals surface area contributed by atoms with Crippen molar-refractivity contribution >= 4 is 17.5 Å². The van der Waals surface area contributed by atoms with Gasteiger partial charge in [0.1, 0.15) is 6.10 Å². The van der Waals surface area contributed by atoms with Crippen LogP contribution in [0.5, 0.6) is 0 Å². The van der Waals surface area contributed by atoms with E-state index in [2.05, 4.69) is 10.2 Å². The van der Waals surface area contributed by atoms with Crippen molar-refractivity contribution in [2.24, 2.45) is 0 Å². The van der Waals surface area contributed by atoms with Crippen LogP contribution in [0.1, 0.15) is 30.9 Å². The minimum Gasteiger partial charge on any atom is -0.371 e. The highest BCUT2D eigenvalue weighted by Gasteiger charge is 2.39. The highest BCUT2D eigenvalue weighted by molar-refractivity contribution is 6.30. The molecule has 130 valence electrons. The van der Waals surface area contributed by atoms with Gasteiger partial charge in [0, 0.05) is 36.8 Å². The maximum atomic E-state index is 12.2. The lowest BCUT2D eigenvalue weighted by Crippen LogP contribution is -2.44. The minimum absolute atomic E-state index is 0.0486. The second-order valence-corrected chi connectivity index (χ2v) is 7.36. The summed E-state index contributed by atoms with van der Waals surface area (Å²) in [5.74, 6) is 0.0486. The zero-order chi connectivity index (χ0) is 16.5. The molecule has 5 nitrogen and oxygen atoms in total. The molecule has 1 N–H and O–H groups in total. The first kappa shape index (κ1) is 16.3. The quantitative estimate of drug-likeness (QED) is 0.907. The number of hydrogen-bond donors (Lipinski definition) is 1. The molecule has 3 saturated heterocycles. The van der Waals surface area contributed by atoms with E-state index in [9.17, 15) is 4.79 Å². The van der Waals surface area contributed by atoms with Crippen molar-refractivity contribution in [3.8, 4) is 0 Å². The van der Waals surface area contributed by atoms with Crippen LogP contribution >= 0.6 is 11.6 Å². The molecule has 0 unspecified atom stereocenters. The molecule has 4 atom stereocenters. The van der Waals surface area contributed by atoms with E-state index < -0.39 is 0 Å². The molecule has 0 bridgehead atoms. The molecule has 1 amide bonds. The van der Waals surface area contributed by atoms with Gasteiger partial charge in [0.25, 0.3) is 0 Å². The molecule has 3 fully saturated rings. The fraction of sp³-hybridized carbons (Fsp3) is 0.611. The van der Waals surface area contributed by atoms with E-state index in [-0.39, 0.29) is 24.2 Å². The number of halogens is 1. The highest BCUT2D eigenvalue weighted by atomic mass is 35.5. The Balaban J connectivity index is 1.33. The van der Waals surface area contributed by atoms with E-state index in [0.29, 0.717) is 19.3 Å². The number of morpholine rings is 1. The molecule has 3 aliphatic rings. The summed E-state index contributed by atoms with van der Waals surface area (Å²) in [5, 5.41) is 3.90. The second kappa shape index (κ2) is 7.00. The van der Waals surface area contributed by atoms with Gasteiger partial charge in [-0.15, -0.1) is 0 Å². The molecular formula is C18H23ClN2O3. The lowest BCUT2D eigenvalue weighted by molar-refractivity contribution is -0.130. The predicted molar refractivity (Wildman–Crippen MR) is 91.0 cm³/mol. The number of carbonyl (C=O) groups is 1. The molecule has 4 rings (SSSR count). The Morgan fingerprint density at radius 2 is 2.04 bits per heavy atom. The van der Waals surface area contributed by atoms with Crippen molar-refractivity contribution < 1.29 is 14.3 Å². The van der Waals surface area contributed by atoms with Gasteiger partial charge in [-0.05, 0) is 37.0 Å². The molecule has 0 aromatic heterocycles. The number of hydrogen-bond acceptors (Lipinski definition) is 4. The second-order valence-electron chi connectivity index (χ2n) is 6.92. The van der Waals surface area contributed by atoms with Crippen LogP contribution in [0, 0.1) is 0 Å². The van der Waals surface area contributed by atoms with Crippen molar-refractivity contribution in [2.45, 2.75) is 43.6 Å². The lowest BCUT2D eigenvalue weighted by Gasteiger charge is -2.35. The van der Waals surface area contributed by atoms with Crippen LogP contribution in [0.15, 0.2) is 24.3 Å². The van der Waals surface area contributed by atoms with Crippen molar-refractivity contribution in [3.05, 3.63) is 34.9 Å². The number of rotatable bonds is 3. The summed E-state index contributed by atoms with van der Waals surface area (Å²) in [6.45, 7) is 3.16. The van der Waals surface area contributed by atoms with Crippen LogP contribution in [0.4, 0.5) is 0 Å². The average Bonchev–Trinajstić information content (AvgIpc) is 3.24. The summed E-state index contributed by atoms with van der Waals surface area (Å²) in [6, 6.07) is 8.45. The molecule has 3 heterocycles. The summed E-state index contributed by atoms with van der Waals surface area (Å²) in [7, 11) is 0. The fourth-order valence-corrected chi connectivity index (χ4v) is 4.06. The Hall–Kier alpha value is -1.14. The van der Waals surface area contributed by atoms with Crippen LogP contribution in [-0.4, -0.2) is 55.3 Å². The fourth-order valence-electron chi connectivity index (χ4n) is 3.94. The van der Waals surface area contributed by atoms with Gasteiger partial charge in [0.2, 0.25) is 5.91 Å². The number of carbonyl (C=O) groups excluding carboxylic acids is 1. The normalized spacial score (nSPS) is 33.4. The summed E-state index contributed by atoms with van der Waals surface area (Å²) in [5.41, 5.74) is 1.16. The van der Waals surface area contributed by atoms with Gasteiger partial charge in [-0.1, -0.05) is 23.7 Å². The third-order valence-corrected chi connectivity index (χ3v) is 5.48. The highest BCUT2D eigenvalue weighted by Crippen LogP contribution is 2.31. The zero-order valence-corrected chi connectivity index (χ0v) is 14.4. The average molecular weight is 351 g/mol. The van der Waals surface area contributed by atoms with Crippen LogP contribution in [0.25, 0.3) is 0 Å². The van der Waals surface area contributed by atoms with Crippen LogP contribution in [-0.2, 0) is 14.3 Å². The van der Waals surface area contributed by atoms with Crippen molar-refractivity contribution in [1.82, 2.24) is 10.2 Å². The first-order chi connectivity index (χ1) is 11.7. The van der Waals surface area contributed by atoms with Gasteiger partial charge in [-0.25, -0.2) is 0 Å². The van der Waals surface area contributed by atoms with E-state index in [1.165, 1.54) is 0 Å². The first-order valence-electron chi connectivity index (χ1n) is 8.72. The molecule has 1 aromatic carbocycles. The lowest BCUT2D eigenvalue weighted by atomic mass is 10.1. The third-order valence-electron chi connectivity index (χ3n) is 5.23. The van der Waals surface area contributed by atoms with Crippen molar-refractivity contribution in [2.75, 3.05) is 26.3 Å². The van der Waals surface area contributed by atoms with Crippen molar-refractivity contribution in [3.63, 3.8) is 0 Å². The van der Waals surface area contributed by atoms with E-state index in [0.717, 1.165) is 42.9 Å². The Bertz CT molecular complexity index is 588. The van der Waals surface area contributed by atoms with Gasteiger partial charge < -0.3 is 14.8 Å². The summed E-state index contributed by atoms with van der Waals surface area (Å²) >= 11 is 5.96. The molecule has 0 radical (unpaired) electrons. The minimum atomic E-state index is -0.249. The van der Waals surface area contributed by atoms with Gasteiger partial charge >= 0.3 is 0 Å². The maximum Gasteiger partial charge on any atom is 0.249 e. The molecule has 0 saturated carbocycles. The largest absolute Gasteiger partial charge is 0.371 e. The van der Waals surface area contributed by atoms with Crippen molar-refractivity contribution in [1.29, 1.82) is 0 Å². The predicted octanol–water partition coefficient (Wildman–Crippen LogP) is 2.15. The maximum absolute atomic E-state index is 12.2. The summed E-state index contributed by atoms with van der Waals surface area (Å²) in [6.07, 6.45) is 2.60. The first-order valence-corrected chi connectivity index (χ1v) is 9.10. The van der Waals surface area contributed by atoms with E-state index in [4.69, 9.17) is 21.1 Å². The number of ether oxygens (including phenoxy) is 2. The third kappa shape index (κ3) is 3.45. The monoisotopic (exact) mass is 350 g/mol. The number of amides is 1. The molecule has 6 heteroatoms. The Morgan fingerprint density at radius 3 is 2.79 bits per heavy atom. The van der Waals surface area contributed by atoms with Gasteiger partial charge in [-0.2, -0.15) is 0 Å². The number of nitrogens with zero attached hydrogens (tertiary/aromatic N) is 1. The number of benzene rings is 1. The number of fused-ring (bicyclic) bond motifs is 1. The standard InChI is InChI=1S/C18H23ClN2O3/c19-13-5-3-12(4-6-13)17-10-21-9-14(8-15(21)11-24-17)20-18(22)16-2-1-7-23-16/h3-6,14-17H,1-2,7-11H2,(H,20,22)/t14-,15+,16+,17-/m1/s1. The molecule has 24 heavy (non-hydrogen) atoms. The van der Waals surface area contributed by atoms with Crippen LogP contribution < -0.4 is 5.32 Å². The summed E-state index contributed by atoms with van der Waals surface area (Å²) < 4.78 is 11.5. The Morgan fingerprint density at radius 1 is 1.21 bits per heavy atom. The molecule has 3 aliphatic heterocycles.